The molecular weight excluding hydrogens is 232 g/mol. The van der Waals surface area contributed by atoms with Gasteiger partial charge in [0.2, 0.25) is 0 Å². The molecule has 3 aliphatic heterocycles. The van der Waals surface area contributed by atoms with Crippen LogP contribution in [0.1, 0.15) is 25.3 Å². The third-order valence-electron chi connectivity index (χ3n) is 4.76. The summed E-state index contributed by atoms with van der Waals surface area (Å²) in [6.07, 6.45) is 2.49. The quantitative estimate of drug-likeness (QED) is 0.830. The van der Waals surface area contributed by atoms with Crippen LogP contribution in [0.25, 0.3) is 0 Å². The number of benzene rings is 1. The highest BCUT2D eigenvalue weighted by Crippen LogP contribution is 2.44. The number of piperidine rings is 3. The summed E-state index contributed by atoms with van der Waals surface area (Å²) in [7, 11) is 0. The van der Waals surface area contributed by atoms with Crippen LogP contribution >= 0.6 is 11.6 Å². The van der Waals surface area contributed by atoms with Crippen LogP contribution in [0.4, 0.5) is 0 Å². The third-order valence-corrected chi connectivity index (χ3v) is 5.00. The van der Waals surface area contributed by atoms with Crippen LogP contribution in [0.5, 0.6) is 0 Å². The second-order valence-corrected chi connectivity index (χ2v) is 5.94. The van der Waals surface area contributed by atoms with Gasteiger partial charge in [-0.05, 0) is 56.5 Å². The molecule has 0 radical (unpaired) electrons. The third kappa shape index (κ3) is 1.62. The van der Waals surface area contributed by atoms with Gasteiger partial charge in [0.05, 0.1) is 5.54 Å². The lowest BCUT2D eigenvalue weighted by atomic mass is 9.68. The molecule has 0 amide bonds. The summed E-state index contributed by atoms with van der Waals surface area (Å²) in [5, 5.41) is 0.804. The molecule has 0 spiro atoms. The van der Waals surface area contributed by atoms with E-state index in [9.17, 15) is 0 Å². The summed E-state index contributed by atoms with van der Waals surface area (Å²) in [5.41, 5.74) is 7.73. The largest absolute Gasteiger partial charge is 0.326 e. The Balaban J connectivity index is 2.05. The number of nitrogens with zero attached hydrogens (tertiary/aromatic N) is 1. The van der Waals surface area contributed by atoms with Crippen molar-refractivity contribution >= 4 is 11.6 Å². The topological polar surface area (TPSA) is 29.3 Å². The van der Waals surface area contributed by atoms with Gasteiger partial charge in [0.15, 0.2) is 0 Å². The highest BCUT2D eigenvalue weighted by Gasteiger charge is 2.49. The summed E-state index contributed by atoms with van der Waals surface area (Å²) in [4.78, 5) is 2.53. The summed E-state index contributed by atoms with van der Waals surface area (Å²) >= 11 is 6.12. The van der Waals surface area contributed by atoms with Crippen molar-refractivity contribution < 1.29 is 0 Å². The molecule has 17 heavy (non-hydrogen) atoms. The zero-order chi connectivity index (χ0) is 12.0. The molecule has 2 N–H and O–H groups in total. The fourth-order valence-electron chi connectivity index (χ4n) is 3.57. The Morgan fingerprint density at radius 3 is 2.65 bits per heavy atom. The molecule has 1 aromatic rings. The molecule has 2 bridgehead atoms. The molecular formula is C14H19ClN2. The van der Waals surface area contributed by atoms with E-state index in [2.05, 4.69) is 24.0 Å². The number of hydrogen-bond acceptors (Lipinski definition) is 2. The molecule has 3 heteroatoms. The maximum atomic E-state index is 6.50. The van der Waals surface area contributed by atoms with Gasteiger partial charge in [0, 0.05) is 11.1 Å². The first kappa shape index (κ1) is 11.5. The minimum atomic E-state index is -0.0356. The van der Waals surface area contributed by atoms with Crippen LogP contribution in [-0.2, 0) is 5.54 Å². The van der Waals surface area contributed by atoms with E-state index in [0.717, 1.165) is 5.02 Å². The highest BCUT2D eigenvalue weighted by atomic mass is 35.5. The first-order chi connectivity index (χ1) is 8.12. The van der Waals surface area contributed by atoms with Crippen LogP contribution in [0.15, 0.2) is 24.3 Å². The zero-order valence-electron chi connectivity index (χ0n) is 10.2. The first-order valence-electron chi connectivity index (χ1n) is 6.39. The predicted octanol–water partition coefficient (Wildman–Crippen LogP) is 2.61. The number of rotatable bonds is 1. The van der Waals surface area contributed by atoms with Gasteiger partial charge in [-0.25, -0.2) is 0 Å². The zero-order valence-corrected chi connectivity index (χ0v) is 11.0. The summed E-state index contributed by atoms with van der Waals surface area (Å²) in [5.74, 6) is 0.670. The van der Waals surface area contributed by atoms with Gasteiger partial charge >= 0.3 is 0 Å². The fourth-order valence-corrected chi connectivity index (χ4v) is 3.76. The summed E-state index contributed by atoms with van der Waals surface area (Å²) in [6.45, 7) is 4.61. The molecule has 1 aromatic carbocycles. The molecule has 2 unspecified atom stereocenters. The Kier molecular flexibility index (Phi) is 2.69. The van der Waals surface area contributed by atoms with E-state index in [1.165, 1.54) is 31.5 Å². The van der Waals surface area contributed by atoms with Crippen molar-refractivity contribution in [3.63, 3.8) is 0 Å². The molecule has 3 aliphatic rings. The Morgan fingerprint density at radius 1 is 1.35 bits per heavy atom. The van der Waals surface area contributed by atoms with Crippen molar-refractivity contribution in [2.45, 2.75) is 31.3 Å². The van der Waals surface area contributed by atoms with Crippen molar-refractivity contribution in [2.24, 2.45) is 11.7 Å². The predicted molar refractivity (Wildman–Crippen MR) is 71.1 cm³/mol. The van der Waals surface area contributed by atoms with Gasteiger partial charge < -0.3 is 5.73 Å². The molecule has 2 nitrogen and oxygen atoms in total. The molecule has 2 atom stereocenters. The van der Waals surface area contributed by atoms with Crippen LogP contribution in [-0.4, -0.2) is 24.0 Å². The van der Waals surface area contributed by atoms with E-state index in [-0.39, 0.29) is 11.6 Å². The lowest BCUT2D eigenvalue weighted by Gasteiger charge is -2.57. The monoisotopic (exact) mass is 250 g/mol. The van der Waals surface area contributed by atoms with E-state index in [1.54, 1.807) is 0 Å². The first-order valence-corrected chi connectivity index (χ1v) is 6.77. The highest BCUT2D eigenvalue weighted by molar-refractivity contribution is 6.30. The van der Waals surface area contributed by atoms with Crippen molar-refractivity contribution in [3.8, 4) is 0 Å². The molecule has 0 aromatic heterocycles. The van der Waals surface area contributed by atoms with Crippen LogP contribution in [0.3, 0.4) is 0 Å². The molecule has 0 aliphatic carbocycles. The van der Waals surface area contributed by atoms with Gasteiger partial charge in [-0.1, -0.05) is 23.7 Å². The van der Waals surface area contributed by atoms with Crippen molar-refractivity contribution in [1.82, 2.24) is 4.90 Å². The van der Waals surface area contributed by atoms with E-state index in [0.29, 0.717) is 5.92 Å². The van der Waals surface area contributed by atoms with Crippen LogP contribution in [0, 0.1) is 5.92 Å². The number of nitrogens with two attached hydrogens (primary N) is 1. The maximum absolute atomic E-state index is 6.50. The number of hydrogen-bond donors (Lipinski definition) is 1. The summed E-state index contributed by atoms with van der Waals surface area (Å²) in [6, 6.07) is 8.41. The van der Waals surface area contributed by atoms with Crippen LogP contribution in [0.2, 0.25) is 5.02 Å². The van der Waals surface area contributed by atoms with E-state index < -0.39 is 0 Å². The van der Waals surface area contributed by atoms with E-state index in [1.807, 2.05) is 12.1 Å². The smallest absolute Gasteiger partial charge is 0.0587 e. The Hall–Kier alpha value is -0.570. The van der Waals surface area contributed by atoms with Gasteiger partial charge in [0.25, 0.3) is 0 Å². The average molecular weight is 251 g/mol. The molecule has 0 saturated carbocycles. The minimum Gasteiger partial charge on any atom is -0.326 e. The fraction of sp³-hybridized carbons (Fsp3) is 0.571. The van der Waals surface area contributed by atoms with Crippen LogP contribution < -0.4 is 5.73 Å². The Labute approximate surface area is 108 Å². The van der Waals surface area contributed by atoms with Gasteiger partial charge in [-0.2, -0.15) is 0 Å². The standard InChI is InChI=1S/C14H19ClN2/c1-14(11-3-2-4-12(15)9-11)13(16)10-5-7-17(14)8-6-10/h2-4,9-10,13H,5-8,16H2,1H3. The lowest BCUT2D eigenvalue weighted by molar-refractivity contribution is -0.0418. The molecule has 92 valence electrons. The average Bonchev–Trinajstić information content (AvgIpc) is 2.36. The number of fused-ring (bicyclic) bond motifs is 3. The normalized spacial score (nSPS) is 40.5. The van der Waals surface area contributed by atoms with Gasteiger partial charge in [-0.15, -0.1) is 0 Å². The van der Waals surface area contributed by atoms with E-state index in [4.69, 9.17) is 17.3 Å². The Morgan fingerprint density at radius 2 is 2.06 bits per heavy atom. The van der Waals surface area contributed by atoms with Crippen molar-refractivity contribution in [1.29, 1.82) is 0 Å². The summed E-state index contributed by atoms with van der Waals surface area (Å²) < 4.78 is 0. The van der Waals surface area contributed by atoms with Crippen molar-refractivity contribution in [3.05, 3.63) is 34.9 Å². The Bertz CT molecular complexity index is 422. The van der Waals surface area contributed by atoms with Crippen molar-refractivity contribution in [2.75, 3.05) is 13.1 Å². The second kappa shape index (κ2) is 3.98. The SMILES string of the molecule is CC1(c2cccc(Cl)c2)C(N)C2CCN1CC2. The molecule has 3 heterocycles. The van der Waals surface area contributed by atoms with E-state index >= 15 is 0 Å². The van der Waals surface area contributed by atoms with Gasteiger partial charge in [-0.3, -0.25) is 4.90 Å². The molecule has 3 fully saturated rings. The molecule has 4 rings (SSSR count). The lowest BCUT2D eigenvalue weighted by Crippen LogP contribution is -2.66. The maximum Gasteiger partial charge on any atom is 0.0587 e. The number of halogens is 1. The van der Waals surface area contributed by atoms with Gasteiger partial charge in [0.1, 0.15) is 0 Å². The second-order valence-electron chi connectivity index (χ2n) is 5.51. The molecule has 3 saturated heterocycles. The minimum absolute atomic E-state index is 0.0356.